The minimum Gasteiger partial charge on any atom is -0.368 e. The Morgan fingerprint density at radius 1 is 1.42 bits per heavy atom. The number of carbonyl (C=O) groups excluding carboxylic acids is 1. The number of hydrogen-bond donors (Lipinski definition) is 2. The summed E-state index contributed by atoms with van der Waals surface area (Å²) in [6, 6.07) is 0. The Kier molecular flexibility index (Phi) is 2.17. The van der Waals surface area contributed by atoms with Crippen LogP contribution in [0.2, 0.25) is 0 Å². The second-order valence-electron chi connectivity index (χ2n) is 4.67. The molecule has 1 fully saturated rings. The monoisotopic (exact) mass is 170 g/mol. The SMILES string of the molecule is CC(C)(C)NC1(C(N)=O)CCC1. The van der Waals surface area contributed by atoms with Gasteiger partial charge in [-0.1, -0.05) is 0 Å². The highest BCUT2D eigenvalue weighted by Crippen LogP contribution is 2.33. The van der Waals surface area contributed by atoms with Crippen molar-refractivity contribution in [1.82, 2.24) is 5.32 Å². The Balaban J connectivity index is 2.63. The molecule has 3 N–H and O–H groups in total. The summed E-state index contributed by atoms with van der Waals surface area (Å²) in [6.07, 6.45) is 2.88. The maximum Gasteiger partial charge on any atom is 0.237 e. The van der Waals surface area contributed by atoms with Gasteiger partial charge in [0.15, 0.2) is 0 Å². The third kappa shape index (κ3) is 1.78. The second kappa shape index (κ2) is 2.73. The summed E-state index contributed by atoms with van der Waals surface area (Å²) in [6.45, 7) is 6.15. The first kappa shape index (κ1) is 9.52. The molecule has 0 atom stereocenters. The molecule has 0 aromatic heterocycles. The van der Waals surface area contributed by atoms with Crippen LogP contribution in [0, 0.1) is 0 Å². The largest absolute Gasteiger partial charge is 0.368 e. The van der Waals surface area contributed by atoms with Crippen molar-refractivity contribution in [1.29, 1.82) is 0 Å². The fraction of sp³-hybridized carbons (Fsp3) is 0.889. The van der Waals surface area contributed by atoms with Crippen molar-refractivity contribution in [3.05, 3.63) is 0 Å². The van der Waals surface area contributed by atoms with Crippen LogP contribution in [-0.2, 0) is 4.79 Å². The molecule has 12 heavy (non-hydrogen) atoms. The van der Waals surface area contributed by atoms with Gasteiger partial charge in [-0.3, -0.25) is 10.1 Å². The molecular weight excluding hydrogens is 152 g/mol. The average molecular weight is 170 g/mol. The fourth-order valence-corrected chi connectivity index (χ4v) is 1.68. The van der Waals surface area contributed by atoms with Gasteiger partial charge in [0, 0.05) is 5.54 Å². The molecular formula is C9H18N2O. The van der Waals surface area contributed by atoms with Crippen LogP contribution in [0.5, 0.6) is 0 Å². The molecule has 0 saturated heterocycles. The van der Waals surface area contributed by atoms with E-state index in [2.05, 4.69) is 26.1 Å². The zero-order chi connectivity index (χ0) is 9.41. The van der Waals surface area contributed by atoms with Crippen molar-refractivity contribution >= 4 is 5.91 Å². The first-order chi connectivity index (χ1) is 5.36. The van der Waals surface area contributed by atoms with Crippen molar-refractivity contribution < 1.29 is 4.79 Å². The number of primary amides is 1. The van der Waals surface area contributed by atoms with E-state index >= 15 is 0 Å². The van der Waals surface area contributed by atoms with E-state index in [1.165, 1.54) is 0 Å². The molecule has 0 bridgehead atoms. The molecule has 0 spiro atoms. The van der Waals surface area contributed by atoms with Gasteiger partial charge >= 0.3 is 0 Å². The van der Waals surface area contributed by atoms with E-state index in [-0.39, 0.29) is 11.4 Å². The topological polar surface area (TPSA) is 55.1 Å². The van der Waals surface area contributed by atoms with E-state index < -0.39 is 5.54 Å². The van der Waals surface area contributed by atoms with Crippen LogP contribution < -0.4 is 11.1 Å². The zero-order valence-electron chi connectivity index (χ0n) is 8.11. The van der Waals surface area contributed by atoms with E-state index in [1.807, 2.05) is 0 Å². The average Bonchev–Trinajstić information content (AvgIpc) is 1.75. The van der Waals surface area contributed by atoms with Crippen LogP contribution >= 0.6 is 0 Å². The molecule has 1 saturated carbocycles. The molecule has 3 heteroatoms. The summed E-state index contributed by atoms with van der Waals surface area (Å²) in [5.41, 5.74) is 4.90. The number of amides is 1. The lowest BCUT2D eigenvalue weighted by atomic mass is 9.74. The normalized spacial score (nSPS) is 21.6. The van der Waals surface area contributed by atoms with Gasteiger partial charge in [-0.25, -0.2) is 0 Å². The zero-order valence-corrected chi connectivity index (χ0v) is 8.11. The quantitative estimate of drug-likeness (QED) is 0.643. The van der Waals surface area contributed by atoms with Crippen molar-refractivity contribution in [2.45, 2.75) is 51.1 Å². The molecule has 0 unspecified atom stereocenters. The summed E-state index contributed by atoms with van der Waals surface area (Å²) < 4.78 is 0. The lowest BCUT2D eigenvalue weighted by Crippen LogP contribution is -2.64. The fourth-order valence-electron chi connectivity index (χ4n) is 1.68. The summed E-state index contributed by atoms with van der Waals surface area (Å²) in [5, 5.41) is 3.29. The number of nitrogens with one attached hydrogen (secondary N) is 1. The van der Waals surface area contributed by atoms with Gasteiger partial charge < -0.3 is 5.73 Å². The molecule has 1 amide bonds. The number of rotatable bonds is 2. The van der Waals surface area contributed by atoms with Crippen LogP contribution in [0.3, 0.4) is 0 Å². The standard InChI is InChI=1S/C9H18N2O/c1-8(2,3)11-9(7(10)12)5-4-6-9/h11H,4-6H2,1-3H3,(H2,10,12). The predicted octanol–water partition coefficient (Wildman–Crippen LogP) is 0.782. The van der Waals surface area contributed by atoms with Gasteiger partial charge in [-0.15, -0.1) is 0 Å². The minimum atomic E-state index is -0.405. The smallest absolute Gasteiger partial charge is 0.237 e. The molecule has 1 aliphatic rings. The van der Waals surface area contributed by atoms with Crippen molar-refractivity contribution in [3.63, 3.8) is 0 Å². The Hall–Kier alpha value is -0.570. The number of carbonyl (C=O) groups is 1. The highest BCUT2D eigenvalue weighted by atomic mass is 16.1. The van der Waals surface area contributed by atoms with E-state index in [0.29, 0.717) is 0 Å². The van der Waals surface area contributed by atoms with Crippen LogP contribution in [-0.4, -0.2) is 17.0 Å². The van der Waals surface area contributed by atoms with Crippen molar-refractivity contribution in [2.24, 2.45) is 5.73 Å². The number of hydrogen-bond acceptors (Lipinski definition) is 2. The lowest BCUT2D eigenvalue weighted by molar-refractivity contribution is -0.128. The Labute approximate surface area is 73.7 Å². The molecule has 1 aliphatic carbocycles. The first-order valence-corrected chi connectivity index (χ1v) is 4.45. The van der Waals surface area contributed by atoms with Gasteiger partial charge in [-0.2, -0.15) is 0 Å². The molecule has 70 valence electrons. The van der Waals surface area contributed by atoms with Crippen LogP contribution in [0.25, 0.3) is 0 Å². The van der Waals surface area contributed by atoms with Crippen LogP contribution in [0.1, 0.15) is 40.0 Å². The van der Waals surface area contributed by atoms with E-state index in [9.17, 15) is 4.79 Å². The summed E-state index contributed by atoms with van der Waals surface area (Å²) in [4.78, 5) is 11.1. The van der Waals surface area contributed by atoms with Crippen molar-refractivity contribution in [2.75, 3.05) is 0 Å². The maximum atomic E-state index is 11.1. The molecule has 1 rings (SSSR count). The molecule has 0 aromatic carbocycles. The molecule has 0 radical (unpaired) electrons. The van der Waals surface area contributed by atoms with E-state index in [4.69, 9.17) is 5.73 Å². The Morgan fingerprint density at radius 3 is 2.00 bits per heavy atom. The summed E-state index contributed by atoms with van der Waals surface area (Å²) in [5.74, 6) is -0.205. The minimum absolute atomic E-state index is 0.0323. The summed E-state index contributed by atoms with van der Waals surface area (Å²) >= 11 is 0. The van der Waals surface area contributed by atoms with Crippen LogP contribution in [0.15, 0.2) is 0 Å². The highest BCUT2D eigenvalue weighted by molar-refractivity contribution is 5.85. The molecule has 0 aromatic rings. The van der Waals surface area contributed by atoms with Gasteiger partial charge in [0.1, 0.15) is 0 Å². The maximum absolute atomic E-state index is 11.1. The lowest BCUT2D eigenvalue weighted by Gasteiger charge is -2.44. The third-order valence-electron chi connectivity index (χ3n) is 2.29. The van der Waals surface area contributed by atoms with E-state index in [0.717, 1.165) is 19.3 Å². The third-order valence-corrected chi connectivity index (χ3v) is 2.29. The Bertz CT molecular complexity index is 189. The van der Waals surface area contributed by atoms with E-state index in [1.54, 1.807) is 0 Å². The van der Waals surface area contributed by atoms with Gasteiger partial charge in [0.05, 0.1) is 5.54 Å². The molecule has 0 heterocycles. The summed E-state index contributed by atoms with van der Waals surface area (Å²) in [7, 11) is 0. The van der Waals surface area contributed by atoms with Gasteiger partial charge in [0.2, 0.25) is 5.91 Å². The van der Waals surface area contributed by atoms with Crippen molar-refractivity contribution in [3.8, 4) is 0 Å². The van der Waals surface area contributed by atoms with Gasteiger partial charge in [-0.05, 0) is 40.0 Å². The van der Waals surface area contributed by atoms with Crippen LogP contribution in [0.4, 0.5) is 0 Å². The molecule has 3 nitrogen and oxygen atoms in total. The second-order valence-corrected chi connectivity index (χ2v) is 4.67. The predicted molar refractivity (Wildman–Crippen MR) is 48.7 cm³/mol. The first-order valence-electron chi connectivity index (χ1n) is 4.45. The van der Waals surface area contributed by atoms with Gasteiger partial charge in [0.25, 0.3) is 0 Å². The number of nitrogens with two attached hydrogens (primary N) is 1. The highest BCUT2D eigenvalue weighted by Gasteiger charge is 2.44. The Morgan fingerprint density at radius 2 is 1.92 bits per heavy atom. The molecule has 0 aliphatic heterocycles.